The number of rotatable bonds is 2. The molecule has 0 spiro atoms. The van der Waals surface area contributed by atoms with Gasteiger partial charge >= 0.3 is 0 Å². The third kappa shape index (κ3) is 1.58. The van der Waals surface area contributed by atoms with Gasteiger partial charge in [-0.3, -0.25) is 4.79 Å². The molecule has 20 heavy (non-hydrogen) atoms. The van der Waals surface area contributed by atoms with E-state index in [2.05, 4.69) is 0 Å². The van der Waals surface area contributed by atoms with Gasteiger partial charge < -0.3 is 10.0 Å². The van der Waals surface area contributed by atoms with Crippen LogP contribution in [0.25, 0.3) is 0 Å². The monoisotopic (exact) mass is 293 g/mol. The molecule has 2 bridgehead atoms. The number of benzene rings is 1. The molecule has 2 heterocycles. The number of carbonyl (C=O) groups excluding carboxylic acids is 1. The molecule has 2 unspecified atom stereocenters. The van der Waals surface area contributed by atoms with Crippen LogP contribution in [0.5, 0.6) is 0 Å². The molecule has 2 aliphatic heterocycles. The van der Waals surface area contributed by atoms with Crippen molar-refractivity contribution in [2.24, 2.45) is 0 Å². The van der Waals surface area contributed by atoms with Gasteiger partial charge in [-0.15, -0.1) is 0 Å². The number of hydrogen-bond acceptors (Lipinski definition) is 4. The minimum Gasteiger partial charge on any atom is -0.385 e. The SMILES string of the molecule is O=C1C2CC(CS2(=O)=O)N1c1cccc(C2(O)CC2)c1. The normalized spacial score (nSPS) is 32.6. The molecule has 0 aromatic heterocycles. The smallest absolute Gasteiger partial charge is 0.245 e. The second-order valence-corrected chi connectivity index (χ2v) is 8.23. The first kappa shape index (κ1) is 12.3. The molecule has 2 atom stereocenters. The van der Waals surface area contributed by atoms with E-state index < -0.39 is 20.7 Å². The van der Waals surface area contributed by atoms with Crippen LogP contribution in [0, 0.1) is 0 Å². The highest BCUT2D eigenvalue weighted by Crippen LogP contribution is 2.46. The van der Waals surface area contributed by atoms with Gasteiger partial charge in [0.25, 0.3) is 0 Å². The van der Waals surface area contributed by atoms with Gasteiger partial charge in [-0.1, -0.05) is 12.1 Å². The van der Waals surface area contributed by atoms with E-state index >= 15 is 0 Å². The van der Waals surface area contributed by atoms with Crippen molar-refractivity contribution >= 4 is 21.4 Å². The van der Waals surface area contributed by atoms with Crippen LogP contribution in [0.15, 0.2) is 24.3 Å². The van der Waals surface area contributed by atoms with E-state index in [-0.39, 0.29) is 17.7 Å². The number of carbonyl (C=O) groups is 1. The molecular formula is C14H15NO4S. The van der Waals surface area contributed by atoms with E-state index in [4.69, 9.17) is 0 Å². The van der Waals surface area contributed by atoms with Gasteiger partial charge in [0.15, 0.2) is 9.84 Å². The topological polar surface area (TPSA) is 74.7 Å². The Labute approximate surface area is 117 Å². The first-order valence-corrected chi connectivity index (χ1v) is 8.50. The van der Waals surface area contributed by atoms with Gasteiger partial charge in [0, 0.05) is 5.69 Å². The van der Waals surface area contributed by atoms with Crippen molar-refractivity contribution in [1.82, 2.24) is 0 Å². The van der Waals surface area contributed by atoms with Crippen LogP contribution in [0.2, 0.25) is 0 Å². The fourth-order valence-electron chi connectivity index (χ4n) is 3.31. The first-order chi connectivity index (χ1) is 9.41. The fourth-order valence-corrected chi connectivity index (χ4v) is 5.30. The second kappa shape index (κ2) is 3.62. The first-order valence-electron chi connectivity index (χ1n) is 6.78. The van der Waals surface area contributed by atoms with Crippen LogP contribution in [0.4, 0.5) is 5.69 Å². The summed E-state index contributed by atoms with van der Waals surface area (Å²) in [6.45, 7) is 0. The lowest BCUT2D eigenvalue weighted by Crippen LogP contribution is -2.45. The minimum atomic E-state index is -3.24. The summed E-state index contributed by atoms with van der Waals surface area (Å²) in [5.74, 6) is -0.265. The number of anilines is 1. The summed E-state index contributed by atoms with van der Waals surface area (Å²) in [5.41, 5.74) is 0.771. The van der Waals surface area contributed by atoms with Crippen LogP contribution >= 0.6 is 0 Å². The van der Waals surface area contributed by atoms with Crippen molar-refractivity contribution in [3.05, 3.63) is 29.8 Å². The lowest BCUT2D eigenvalue weighted by atomic mass is 10.1. The number of fused-ring (bicyclic) bond motifs is 2. The number of sulfone groups is 1. The van der Waals surface area contributed by atoms with Crippen LogP contribution in [-0.2, 0) is 20.2 Å². The lowest BCUT2D eigenvalue weighted by Gasteiger charge is -2.27. The van der Waals surface area contributed by atoms with Crippen molar-refractivity contribution < 1.29 is 18.3 Å². The van der Waals surface area contributed by atoms with E-state index in [1.807, 2.05) is 18.2 Å². The minimum absolute atomic E-state index is 0.0535. The molecule has 1 aliphatic carbocycles. The zero-order valence-corrected chi connectivity index (χ0v) is 11.6. The third-order valence-corrected chi connectivity index (χ3v) is 6.72. The lowest BCUT2D eigenvalue weighted by molar-refractivity contribution is -0.117. The van der Waals surface area contributed by atoms with Gasteiger partial charge in [-0.2, -0.15) is 0 Å². The van der Waals surface area contributed by atoms with Crippen LogP contribution in [0.3, 0.4) is 0 Å². The summed E-state index contributed by atoms with van der Waals surface area (Å²) < 4.78 is 23.5. The highest BCUT2D eigenvalue weighted by Gasteiger charge is 2.55. The fraction of sp³-hybridized carbons (Fsp3) is 0.500. The molecule has 3 fully saturated rings. The van der Waals surface area contributed by atoms with Crippen molar-refractivity contribution in [2.45, 2.75) is 36.2 Å². The highest BCUT2D eigenvalue weighted by atomic mass is 32.2. The molecule has 2 saturated heterocycles. The van der Waals surface area contributed by atoms with Gasteiger partial charge in [-0.05, 0) is 37.0 Å². The standard InChI is InChI=1S/C14H15NO4S/c16-13-12-7-11(8-20(12,18)19)15(13)10-3-1-2-9(6-10)14(17)4-5-14/h1-3,6,11-12,17H,4-5,7-8H2. The predicted molar refractivity (Wildman–Crippen MR) is 73.0 cm³/mol. The van der Waals surface area contributed by atoms with Gasteiger partial charge in [0.1, 0.15) is 5.25 Å². The Kier molecular flexibility index (Phi) is 2.24. The summed E-state index contributed by atoms with van der Waals surface area (Å²) >= 11 is 0. The quantitative estimate of drug-likeness (QED) is 0.865. The molecule has 106 valence electrons. The summed E-state index contributed by atoms with van der Waals surface area (Å²) in [6, 6.07) is 7.04. The summed E-state index contributed by atoms with van der Waals surface area (Å²) in [5, 5.41) is 9.29. The molecule has 3 aliphatic rings. The van der Waals surface area contributed by atoms with Gasteiger partial charge in [-0.25, -0.2) is 8.42 Å². The van der Waals surface area contributed by atoms with Crippen molar-refractivity contribution in [3.8, 4) is 0 Å². The van der Waals surface area contributed by atoms with E-state index in [0.717, 1.165) is 18.4 Å². The molecule has 6 heteroatoms. The molecule has 5 nitrogen and oxygen atoms in total. The van der Waals surface area contributed by atoms with Gasteiger partial charge in [0.05, 0.1) is 17.4 Å². The number of aliphatic hydroxyl groups is 1. The van der Waals surface area contributed by atoms with Crippen molar-refractivity contribution in [3.63, 3.8) is 0 Å². The maximum absolute atomic E-state index is 12.2. The molecule has 1 aromatic rings. The maximum atomic E-state index is 12.2. The summed E-state index contributed by atoms with van der Waals surface area (Å²) in [7, 11) is -3.24. The Morgan fingerprint density at radius 3 is 2.65 bits per heavy atom. The van der Waals surface area contributed by atoms with Crippen molar-refractivity contribution in [1.29, 1.82) is 0 Å². The molecule has 1 saturated carbocycles. The average Bonchev–Trinajstić information content (AvgIpc) is 2.95. The zero-order chi connectivity index (χ0) is 14.1. The molecule has 1 amide bonds. The zero-order valence-electron chi connectivity index (χ0n) is 10.8. The average molecular weight is 293 g/mol. The van der Waals surface area contributed by atoms with E-state index in [1.54, 1.807) is 11.0 Å². The third-order valence-electron chi connectivity index (χ3n) is 4.61. The van der Waals surface area contributed by atoms with E-state index in [1.165, 1.54) is 0 Å². The van der Waals surface area contributed by atoms with Crippen LogP contribution in [-0.4, -0.2) is 36.5 Å². The van der Waals surface area contributed by atoms with Crippen LogP contribution < -0.4 is 4.90 Å². The Morgan fingerprint density at radius 2 is 2.05 bits per heavy atom. The Balaban J connectivity index is 1.72. The maximum Gasteiger partial charge on any atom is 0.245 e. The molecular weight excluding hydrogens is 278 g/mol. The highest BCUT2D eigenvalue weighted by molar-refractivity contribution is 7.93. The number of nitrogens with zero attached hydrogens (tertiary/aromatic N) is 1. The molecule has 0 radical (unpaired) electrons. The van der Waals surface area contributed by atoms with Crippen LogP contribution in [0.1, 0.15) is 24.8 Å². The molecule has 4 rings (SSSR count). The van der Waals surface area contributed by atoms with E-state index in [9.17, 15) is 18.3 Å². The molecule has 1 N–H and O–H groups in total. The summed E-state index contributed by atoms with van der Waals surface area (Å²) in [6.07, 6.45) is 1.88. The predicted octanol–water partition coefficient (Wildman–Crippen LogP) is 0.570. The number of amides is 1. The largest absolute Gasteiger partial charge is 0.385 e. The Bertz CT molecular complexity index is 708. The van der Waals surface area contributed by atoms with Gasteiger partial charge in [0.2, 0.25) is 5.91 Å². The van der Waals surface area contributed by atoms with E-state index in [0.29, 0.717) is 12.1 Å². The van der Waals surface area contributed by atoms with Crippen molar-refractivity contribution in [2.75, 3.05) is 10.7 Å². The second-order valence-electron chi connectivity index (χ2n) is 6.00. The molecule has 1 aromatic carbocycles. The summed E-state index contributed by atoms with van der Waals surface area (Å²) in [4.78, 5) is 13.8. The number of hydrogen-bond donors (Lipinski definition) is 1. The Morgan fingerprint density at radius 1 is 1.30 bits per heavy atom. The Hall–Kier alpha value is -1.40.